The fourth-order valence-electron chi connectivity index (χ4n) is 3.60. The molecule has 0 unspecified atom stereocenters. The average molecular weight is 360 g/mol. The van der Waals surface area contributed by atoms with Crippen LogP contribution in [-0.4, -0.2) is 26.2 Å². The molecule has 1 aliphatic heterocycles. The molecule has 138 valence electrons. The largest absolute Gasteiger partial charge is 0.465 e. The number of anilines is 1. The van der Waals surface area contributed by atoms with E-state index in [0.717, 1.165) is 53.9 Å². The van der Waals surface area contributed by atoms with E-state index < -0.39 is 0 Å². The number of carbonyl (C=O) groups is 1. The molecule has 0 bridgehead atoms. The van der Waals surface area contributed by atoms with E-state index in [4.69, 9.17) is 4.74 Å². The Labute approximate surface area is 160 Å². The second-order valence-electron chi connectivity index (χ2n) is 6.93. The second kappa shape index (κ2) is 8.09. The van der Waals surface area contributed by atoms with Gasteiger partial charge in [0.1, 0.15) is 6.07 Å². The zero-order valence-electron chi connectivity index (χ0n) is 16.1. The molecule has 4 nitrogen and oxygen atoms in total. The van der Waals surface area contributed by atoms with Gasteiger partial charge in [-0.15, -0.1) is 0 Å². The van der Waals surface area contributed by atoms with E-state index in [2.05, 4.69) is 24.0 Å². The normalized spacial score (nSPS) is 13.9. The van der Waals surface area contributed by atoms with E-state index in [9.17, 15) is 10.1 Å². The first-order valence-electron chi connectivity index (χ1n) is 9.16. The van der Waals surface area contributed by atoms with Crippen molar-refractivity contribution in [2.75, 3.05) is 25.1 Å². The Morgan fingerprint density at radius 2 is 1.85 bits per heavy atom. The maximum Gasteiger partial charge on any atom is 0.338 e. The lowest BCUT2D eigenvalue weighted by atomic mass is 9.95. The molecule has 1 saturated heterocycles. The number of esters is 1. The van der Waals surface area contributed by atoms with Crippen LogP contribution >= 0.6 is 0 Å². The monoisotopic (exact) mass is 360 g/mol. The van der Waals surface area contributed by atoms with Gasteiger partial charge in [0.25, 0.3) is 0 Å². The van der Waals surface area contributed by atoms with Crippen molar-refractivity contribution in [3.63, 3.8) is 0 Å². The number of hydrogen-bond donors (Lipinski definition) is 0. The molecule has 27 heavy (non-hydrogen) atoms. The van der Waals surface area contributed by atoms with Gasteiger partial charge in [0.15, 0.2) is 0 Å². The summed E-state index contributed by atoms with van der Waals surface area (Å²) in [6.07, 6.45) is 4.09. The van der Waals surface area contributed by atoms with Crippen molar-refractivity contribution in [2.24, 2.45) is 0 Å². The average Bonchev–Trinajstić information content (AvgIpc) is 2.70. The molecule has 0 atom stereocenters. The van der Waals surface area contributed by atoms with Crippen molar-refractivity contribution in [2.45, 2.75) is 26.7 Å². The third-order valence-electron chi connectivity index (χ3n) is 5.15. The molecule has 0 aliphatic carbocycles. The van der Waals surface area contributed by atoms with Crippen molar-refractivity contribution in [1.82, 2.24) is 0 Å². The van der Waals surface area contributed by atoms with Crippen LogP contribution < -0.4 is 4.90 Å². The third kappa shape index (κ3) is 4.03. The predicted molar refractivity (Wildman–Crippen MR) is 108 cm³/mol. The maximum atomic E-state index is 12.0. The quantitative estimate of drug-likeness (QED) is 0.748. The molecule has 2 aromatic rings. The smallest absolute Gasteiger partial charge is 0.338 e. The van der Waals surface area contributed by atoms with Gasteiger partial charge < -0.3 is 9.64 Å². The van der Waals surface area contributed by atoms with Gasteiger partial charge in [0, 0.05) is 13.1 Å². The molecule has 0 N–H and O–H groups in total. The first-order valence-corrected chi connectivity index (χ1v) is 9.16. The molecule has 0 saturated carbocycles. The molecule has 1 fully saturated rings. The number of aryl methyl sites for hydroxylation is 2. The molecule has 0 spiro atoms. The number of methoxy groups -OCH3 is 1. The van der Waals surface area contributed by atoms with Crippen LogP contribution in [0.2, 0.25) is 0 Å². The van der Waals surface area contributed by atoms with Crippen molar-refractivity contribution in [3.8, 4) is 6.07 Å². The van der Waals surface area contributed by atoms with Crippen LogP contribution in [-0.2, 0) is 4.74 Å². The second-order valence-corrected chi connectivity index (χ2v) is 6.93. The number of piperidine rings is 1. The van der Waals surface area contributed by atoms with Gasteiger partial charge >= 0.3 is 5.97 Å². The molecule has 1 aliphatic rings. The zero-order chi connectivity index (χ0) is 19.4. The van der Waals surface area contributed by atoms with Crippen molar-refractivity contribution < 1.29 is 9.53 Å². The molecular weight excluding hydrogens is 336 g/mol. The van der Waals surface area contributed by atoms with Crippen LogP contribution in [0.15, 0.2) is 42.0 Å². The highest BCUT2D eigenvalue weighted by atomic mass is 16.5. The van der Waals surface area contributed by atoms with Gasteiger partial charge in [0.2, 0.25) is 0 Å². The minimum atomic E-state index is -0.296. The zero-order valence-corrected chi connectivity index (χ0v) is 16.1. The Balaban J connectivity index is 1.79. The Hall–Kier alpha value is -3.06. The van der Waals surface area contributed by atoms with E-state index in [-0.39, 0.29) is 5.97 Å². The van der Waals surface area contributed by atoms with Gasteiger partial charge in [0.05, 0.1) is 23.9 Å². The molecule has 4 heteroatoms. The number of nitrogens with zero attached hydrogens (tertiary/aromatic N) is 2. The number of benzene rings is 2. The number of carbonyl (C=O) groups excluding carboxylic acids is 1. The highest BCUT2D eigenvalue weighted by Gasteiger charge is 2.18. The SMILES string of the molecule is COC(=O)c1cc(C=C2CCN(c3ccccc3C#N)CC2)c(C)cc1C. The molecule has 0 radical (unpaired) electrons. The van der Waals surface area contributed by atoms with Crippen LogP contribution in [0, 0.1) is 25.2 Å². The summed E-state index contributed by atoms with van der Waals surface area (Å²) >= 11 is 0. The number of para-hydroxylation sites is 1. The van der Waals surface area contributed by atoms with Crippen molar-refractivity contribution in [1.29, 1.82) is 5.26 Å². The van der Waals surface area contributed by atoms with E-state index in [1.165, 1.54) is 12.7 Å². The highest BCUT2D eigenvalue weighted by Crippen LogP contribution is 2.28. The summed E-state index contributed by atoms with van der Waals surface area (Å²) in [5.74, 6) is -0.296. The van der Waals surface area contributed by atoms with Gasteiger partial charge in [-0.05, 0) is 61.6 Å². The highest BCUT2D eigenvalue weighted by molar-refractivity contribution is 5.92. The first-order chi connectivity index (χ1) is 13.0. The van der Waals surface area contributed by atoms with Crippen LogP contribution in [0.1, 0.15) is 45.5 Å². The molecule has 1 heterocycles. The van der Waals surface area contributed by atoms with E-state index in [1.54, 1.807) is 0 Å². The Kier molecular flexibility index (Phi) is 5.61. The molecular formula is C23H24N2O2. The summed E-state index contributed by atoms with van der Waals surface area (Å²) in [5.41, 5.74) is 6.88. The minimum absolute atomic E-state index is 0.296. The molecule has 0 amide bonds. The number of rotatable bonds is 3. The van der Waals surface area contributed by atoms with Crippen LogP contribution in [0.4, 0.5) is 5.69 Å². The summed E-state index contributed by atoms with van der Waals surface area (Å²) in [5, 5.41) is 9.31. The van der Waals surface area contributed by atoms with Gasteiger partial charge in [-0.25, -0.2) is 4.79 Å². The topological polar surface area (TPSA) is 53.3 Å². The Morgan fingerprint density at radius 1 is 1.15 bits per heavy atom. The summed E-state index contributed by atoms with van der Waals surface area (Å²) in [6, 6.07) is 14.0. The van der Waals surface area contributed by atoms with Crippen molar-refractivity contribution >= 4 is 17.7 Å². The minimum Gasteiger partial charge on any atom is -0.465 e. The van der Waals surface area contributed by atoms with Crippen LogP contribution in [0.25, 0.3) is 6.08 Å². The van der Waals surface area contributed by atoms with Gasteiger partial charge in [-0.1, -0.05) is 29.8 Å². The number of hydrogen-bond acceptors (Lipinski definition) is 4. The summed E-state index contributed by atoms with van der Waals surface area (Å²) < 4.78 is 4.89. The lowest BCUT2D eigenvalue weighted by molar-refractivity contribution is 0.0600. The van der Waals surface area contributed by atoms with E-state index in [1.807, 2.05) is 43.3 Å². The van der Waals surface area contributed by atoms with E-state index >= 15 is 0 Å². The Bertz CT molecular complexity index is 928. The summed E-state index contributed by atoms with van der Waals surface area (Å²) in [4.78, 5) is 14.2. The fourth-order valence-corrected chi connectivity index (χ4v) is 3.60. The number of nitriles is 1. The fraction of sp³-hybridized carbons (Fsp3) is 0.304. The molecule has 2 aromatic carbocycles. The lowest BCUT2D eigenvalue weighted by Gasteiger charge is -2.31. The summed E-state index contributed by atoms with van der Waals surface area (Å²) in [7, 11) is 1.41. The first kappa shape index (κ1) is 18.7. The number of ether oxygens (including phenoxy) is 1. The van der Waals surface area contributed by atoms with Crippen LogP contribution in [0.3, 0.4) is 0 Å². The predicted octanol–water partition coefficient (Wildman–Crippen LogP) is 4.65. The Morgan fingerprint density at radius 3 is 2.52 bits per heavy atom. The van der Waals surface area contributed by atoms with Crippen LogP contribution in [0.5, 0.6) is 0 Å². The van der Waals surface area contributed by atoms with Gasteiger partial charge in [-0.2, -0.15) is 5.26 Å². The summed E-state index contributed by atoms with van der Waals surface area (Å²) in [6.45, 7) is 5.78. The van der Waals surface area contributed by atoms with E-state index in [0.29, 0.717) is 5.56 Å². The maximum absolute atomic E-state index is 12.0. The standard InChI is InChI=1S/C23H24N2O2/c1-16-12-17(2)21(23(26)27-3)14-20(16)13-18-8-10-25(11-9-18)22-7-5-4-6-19(22)15-24/h4-7,12-14H,8-11H2,1-3H3. The van der Waals surface area contributed by atoms with Gasteiger partial charge in [-0.3, -0.25) is 0 Å². The molecule has 3 rings (SSSR count). The molecule has 0 aromatic heterocycles. The lowest BCUT2D eigenvalue weighted by Crippen LogP contribution is -2.31. The van der Waals surface area contributed by atoms with Crippen molar-refractivity contribution in [3.05, 3.63) is 69.8 Å². The third-order valence-corrected chi connectivity index (χ3v) is 5.15.